The number of fused-ring (bicyclic) bond motifs is 1. The molecule has 0 radical (unpaired) electrons. The van der Waals surface area contributed by atoms with Crippen LogP contribution in [-0.4, -0.2) is 52.1 Å². The Balaban J connectivity index is 2.10. The largest absolute Gasteiger partial charge is 0.396 e. The number of aliphatic hydroxyl groups is 1. The first-order valence-electron chi connectivity index (χ1n) is 7.45. The Morgan fingerprint density at radius 1 is 1.38 bits per heavy atom. The van der Waals surface area contributed by atoms with E-state index in [0.29, 0.717) is 6.54 Å². The summed E-state index contributed by atoms with van der Waals surface area (Å²) in [6, 6.07) is 1.23. The predicted molar refractivity (Wildman–Crippen MR) is 86.1 cm³/mol. The Hall–Kier alpha value is -2.04. The first kappa shape index (κ1) is 16.8. The molecular formula is C14H18N4O5S. The van der Waals surface area contributed by atoms with E-state index < -0.39 is 21.3 Å². The molecule has 1 saturated heterocycles. The van der Waals surface area contributed by atoms with Gasteiger partial charge in [-0.25, -0.2) is 18.2 Å². The SMILES string of the molecule is C[C@@H]1CN(S(=O)(=O)c2cnc3c(c2)c(=O)[nH]c(=O)n3C)C[C@H]1CO. The van der Waals surface area contributed by atoms with Crippen LogP contribution >= 0.6 is 0 Å². The normalized spacial score (nSPS) is 22.3. The highest BCUT2D eigenvalue weighted by Crippen LogP contribution is 2.28. The molecule has 9 nitrogen and oxygen atoms in total. The van der Waals surface area contributed by atoms with Crippen LogP contribution in [-0.2, 0) is 17.1 Å². The third-order valence-corrected chi connectivity index (χ3v) is 6.33. The molecule has 0 amide bonds. The van der Waals surface area contributed by atoms with Crippen LogP contribution in [0.4, 0.5) is 0 Å². The minimum Gasteiger partial charge on any atom is -0.396 e. The van der Waals surface area contributed by atoms with E-state index in [1.165, 1.54) is 17.4 Å². The van der Waals surface area contributed by atoms with Crippen molar-refractivity contribution in [1.29, 1.82) is 0 Å². The zero-order valence-corrected chi connectivity index (χ0v) is 14.1. The Morgan fingerprint density at radius 3 is 2.71 bits per heavy atom. The highest BCUT2D eigenvalue weighted by molar-refractivity contribution is 7.89. The molecule has 2 N–H and O–H groups in total. The summed E-state index contributed by atoms with van der Waals surface area (Å²) in [5.41, 5.74) is -1.18. The van der Waals surface area contributed by atoms with Crippen LogP contribution < -0.4 is 11.2 Å². The molecule has 130 valence electrons. The van der Waals surface area contributed by atoms with Crippen molar-refractivity contribution in [3.8, 4) is 0 Å². The van der Waals surface area contributed by atoms with Gasteiger partial charge in [0.15, 0.2) is 0 Å². The van der Waals surface area contributed by atoms with Gasteiger partial charge in [-0.15, -0.1) is 0 Å². The number of aryl methyl sites for hydroxylation is 1. The molecule has 0 aromatic carbocycles. The zero-order chi connectivity index (χ0) is 17.6. The van der Waals surface area contributed by atoms with Gasteiger partial charge in [-0.2, -0.15) is 4.31 Å². The number of H-pyrrole nitrogens is 1. The Morgan fingerprint density at radius 2 is 2.08 bits per heavy atom. The molecule has 3 rings (SSSR count). The number of hydrogen-bond acceptors (Lipinski definition) is 6. The fraction of sp³-hybridized carbons (Fsp3) is 0.500. The predicted octanol–water partition coefficient (Wildman–Crippen LogP) is -1.13. The van der Waals surface area contributed by atoms with Crippen LogP contribution in [0.2, 0.25) is 0 Å². The minimum absolute atomic E-state index is 0.0316. The van der Waals surface area contributed by atoms with E-state index in [1.54, 1.807) is 0 Å². The van der Waals surface area contributed by atoms with Gasteiger partial charge >= 0.3 is 5.69 Å². The van der Waals surface area contributed by atoms with Gasteiger partial charge in [-0.1, -0.05) is 6.92 Å². The molecule has 0 spiro atoms. The van der Waals surface area contributed by atoms with E-state index in [2.05, 4.69) is 9.97 Å². The molecule has 1 aliphatic heterocycles. The average Bonchev–Trinajstić information content (AvgIpc) is 2.94. The van der Waals surface area contributed by atoms with Crippen LogP contribution in [0.1, 0.15) is 6.92 Å². The highest BCUT2D eigenvalue weighted by atomic mass is 32.2. The summed E-state index contributed by atoms with van der Waals surface area (Å²) in [5.74, 6) is -0.0696. The zero-order valence-electron chi connectivity index (χ0n) is 13.3. The first-order chi connectivity index (χ1) is 11.3. The molecule has 10 heteroatoms. The second-order valence-electron chi connectivity index (χ2n) is 6.10. The average molecular weight is 354 g/mol. The molecule has 0 unspecified atom stereocenters. The fourth-order valence-corrected chi connectivity index (χ4v) is 4.50. The van der Waals surface area contributed by atoms with Crippen LogP contribution in [0.15, 0.2) is 26.7 Å². The smallest absolute Gasteiger partial charge is 0.329 e. The number of aromatic nitrogens is 3. The van der Waals surface area contributed by atoms with Crippen LogP contribution in [0, 0.1) is 11.8 Å². The van der Waals surface area contributed by atoms with Crippen LogP contribution in [0.3, 0.4) is 0 Å². The maximum atomic E-state index is 12.8. The van der Waals surface area contributed by atoms with Crippen LogP contribution in [0.5, 0.6) is 0 Å². The maximum absolute atomic E-state index is 12.8. The third-order valence-electron chi connectivity index (χ3n) is 4.54. The van der Waals surface area contributed by atoms with Crippen molar-refractivity contribution in [1.82, 2.24) is 18.8 Å². The van der Waals surface area contributed by atoms with E-state index in [0.717, 1.165) is 10.8 Å². The molecule has 0 bridgehead atoms. The summed E-state index contributed by atoms with van der Waals surface area (Å²) >= 11 is 0. The maximum Gasteiger partial charge on any atom is 0.329 e. The fourth-order valence-electron chi connectivity index (χ4n) is 2.93. The summed E-state index contributed by atoms with van der Waals surface area (Å²) in [4.78, 5) is 29.5. The third kappa shape index (κ3) is 2.56. The van der Waals surface area contributed by atoms with Crippen molar-refractivity contribution < 1.29 is 13.5 Å². The van der Waals surface area contributed by atoms with Gasteiger partial charge in [0.2, 0.25) is 10.0 Å². The molecule has 24 heavy (non-hydrogen) atoms. The molecule has 2 aromatic heterocycles. The van der Waals surface area contributed by atoms with E-state index in [4.69, 9.17) is 0 Å². The number of aromatic amines is 1. The lowest BCUT2D eigenvalue weighted by Crippen LogP contribution is -2.31. The number of hydrogen-bond donors (Lipinski definition) is 2. The van der Waals surface area contributed by atoms with Gasteiger partial charge < -0.3 is 5.11 Å². The van der Waals surface area contributed by atoms with Gasteiger partial charge in [0.25, 0.3) is 5.56 Å². The van der Waals surface area contributed by atoms with Crippen molar-refractivity contribution in [2.24, 2.45) is 18.9 Å². The van der Waals surface area contributed by atoms with Crippen molar-refractivity contribution in [3.05, 3.63) is 33.1 Å². The number of nitrogens with one attached hydrogen (secondary N) is 1. The van der Waals surface area contributed by atoms with Crippen molar-refractivity contribution >= 4 is 21.1 Å². The number of nitrogens with zero attached hydrogens (tertiary/aromatic N) is 3. The summed E-state index contributed by atoms with van der Waals surface area (Å²) in [6.45, 7) is 2.33. The van der Waals surface area contributed by atoms with Crippen LogP contribution in [0.25, 0.3) is 11.0 Å². The van der Waals surface area contributed by atoms with Gasteiger partial charge in [0, 0.05) is 32.9 Å². The monoisotopic (exact) mass is 354 g/mol. The van der Waals surface area contributed by atoms with E-state index >= 15 is 0 Å². The Labute approximate surface area is 137 Å². The molecule has 2 aromatic rings. The lowest BCUT2D eigenvalue weighted by Gasteiger charge is -2.16. The van der Waals surface area contributed by atoms with Gasteiger partial charge in [0.1, 0.15) is 10.5 Å². The molecule has 3 heterocycles. The number of aliphatic hydroxyl groups excluding tert-OH is 1. The quantitative estimate of drug-likeness (QED) is 0.718. The van der Waals surface area contributed by atoms with E-state index in [9.17, 15) is 23.1 Å². The molecule has 1 fully saturated rings. The Bertz CT molecular complexity index is 1010. The summed E-state index contributed by atoms with van der Waals surface area (Å²) in [7, 11) is -2.39. The second kappa shape index (κ2) is 5.80. The topological polar surface area (TPSA) is 125 Å². The standard InChI is InChI=1S/C14H18N4O5S/c1-8-5-18(6-9(8)7-19)24(22,23)10-3-11-12(15-4-10)17(2)14(21)16-13(11)20/h3-4,8-9,19H,5-7H2,1-2H3,(H,16,20,21)/t8-,9+/m1/s1. The lowest BCUT2D eigenvalue weighted by molar-refractivity contribution is 0.210. The van der Waals surface area contributed by atoms with Gasteiger partial charge in [0.05, 0.1) is 5.39 Å². The molecule has 0 aliphatic carbocycles. The van der Waals surface area contributed by atoms with Crippen molar-refractivity contribution in [3.63, 3.8) is 0 Å². The van der Waals surface area contributed by atoms with Gasteiger partial charge in [-0.3, -0.25) is 14.3 Å². The molecule has 0 saturated carbocycles. The molecular weight excluding hydrogens is 336 g/mol. The number of pyridine rings is 1. The van der Waals surface area contributed by atoms with Crippen molar-refractivity contribution in [2.45, 2.75) is 11.8 Å². The van der Waals surface area contributed by atoms with Gasteiger partial charge in [-0.05, 0) is 17.9 Å². The summed E-state index contributed by atoms with van der Waals surface area (Å²) < 4.78 is 28.0. The van der Waals surface area contributed by atoms with E-state index in [1.807, 2.05) is 6.92 Å². The lowest BCUT2D eigenvalue weighted by atomic mass is 10.00. The highest BCUT2D eigenvalue weighted by Gasteiger charge is 2.37. The number of rotatable bonds is 3. The minimum atomic E-state index is -3.83. The van der Waals surface area contributed by atoms with E-state index in [-0.39, 0.29) is 40.9 Å². The summed E-state index contributed by atoms with van der Waals surface area (Å²) in [5, 5.41) is 9.34. The number of sulfonamides is 1. The second-order valence-corrected chi connectivity index (χ2v) is 8.04. The molecule has 2 atom stereocenters. The van der Waals surface area contributed by atoms with Crippen molar-refractivity contribution in [2.75, 3.05) is 19.7 Å². The molecule has 1 aliphatic rings. The summed E-state index contributed by atoms with van der Waals surface area (Å²) in [6.07, 6.45) is 1.15. The first-order valence-corrected chi connectivity index (χ1v) is 8.89. The Kier molecular flexibility index (Phi) is 4.06.